The zero-order valence-corrected chi connectivity index (χ0v) is 10.8. The van der Waals surface area contributed by atoms with Crippen LogP contribution in [0.1, 0.15) is 50.8 Å². The second kappa shape index (κ2) is 3.49. The summed E-state index contributed by atoms with van der Waals surface area (Å²) < 4.78 is 5.26. The molecule has 2 nitrogen and oxygen atoms in total. The summed E-state index contributed by atoms with van der Waals surface area (Å²) in [6, 6.07) is 0. The van der Waals surface area contributed by atoms with Gasteiger partial charge in [-0.05, 0) is 31.6 Å². The molecule has 1 aromatic heterocycles. The molecule has 2 atom stereocenters. The van der Waals surface area contributed by atoms with Gasteiger partial charge in [-0.1, -0.05) is 25.0 Å². The molecule has 2 heteroatoms. The smallest absolute Gasteiger partial charge is 0.0963 e. The van der Waals surface area contributed by atoms with E-state index < -0.39 is 0 Å². The Morgan fingerprint density at radius 3 is 2.88 bits per heavy atom. The van der Waals surface area contributed by atoms with E-state index in [1.807, 2.05) is 0 Å². The standard InChI is InChI=1S/C15H20O2/c1-9-4-10-7-17-8-13(10)14(16)12-6-15(2,3)5-11(9)12/h7-8,12,14,16H,4-6H2,1-3H3. The van der Waals surface area contributed by atoms with Crippen LogP contribution in [0, 0.1) is 11.3 Å². The highest BCUT2D eigenvalue weighted by Gasteiger charge is 2.42. The first-order valence-electron chi connectivity index (χ1n) is 6.39. The molecular formula is C15H20O2. The number of aliphatic hydroxyl groups is 1. The van der Waals surface area contributed by atoms with Crippen molar-refractivity contribution in [1.29, 1.82) is 0 Å². The minimum absolute atomic E-state index is 0.295. The lowest BCUT2D eigenvalue weighted by atomic mass is 9.87. The van der Waals surface area contributed by atoms with E-state index in [2.05, 4.69) is 20.8 Å². The van der Waals surface area contributed by atoms with E-state index in [1.54, 1.807) is 12.5 Å². The number of furan rings is 1. The Morgan fingerprint density at radius 2 is 2.12 bits per heavy atom. The van der Waals surface area contributed by atoms with Gasteiger partial charge in [-0.15, -0.1) is 0 Å². The minimum Gasteiger partial charge on any atom is -0.472 e. The first-order chi connectivity index (χ1) is 7.98. The molecule has 0 aliphatic heterocycles. The zero-order valence-electron chi connectivity index (χ0n) is 10.8. The van der Waals surface area contributed by atoms with Crippen molar-refractivity contribution in [2.24, 2.45) is 11.3 Å². The Kier molecular flexibility index (Phi) is 2.27. The quantitative estimate of drug-likeness (QED) is 0.693. The van der Waals surface area contributed by atoms with E-state index in [-0.39, 0.29) is 6.10 Å². The largest absolute Gasteiger partial charge is 0.472 e. The Balaban J connectivity index is 2.08. The normalized spacial score (nSPS) is 31.1. The van der Waals surface area contributed by atoms with E-state index in [0.717, 1.165) is 30.4 Å². The fourth-order valence-corrected chi connectivity index (χ4v) is 3.56. The number of aliphatic hydroxyl groups excluding tert-OH is 1. The van der Waals surface area contributed by atoms with Crippen molar-refractivity contribution in [3.05, 3.63) is 34.8 Å². The predicted octanol–water partition coefficient (Wildman–Crippen LogP) is 3.62. The van der Waals surface area contributed by atoms with Gasteiger partial charge in [-0.2, -0.15) is 0 Å². The predicted molar refractivity (Wildman–Crippen MR) is 66.6 cm³/mol. The van der Waals surface area contributed by atoms with Crippen molar-refractivity contribution in [1.82, 2.24) is 0 Å². The summed E-state index contributed by atoms with van der Waals surface area (Å²) in [5.41, 5.74) is 5.40. The molecule has 1 N–H and O–H groups in total. The van der Waals surface area contributed by atoms with E-state index in [9.17, 15) is 5.11 Å². The Labute approximate surface area is 102 Å². The first-order valence-corrected chi connectivity index (χ1v) is 6.39. The average Bonchev–Trinajstić information content (AvgIpc) is 2.79. The number of allylic oxidation sites excluding steroid dienone is 1. The van der Waals surface area contributed by atoms with Gasteiger partial charge < -0.3 is 9.52 Å². The van der Waals surface area contributed by atoms with Gasteiger partial charge in [0.25, 0.3) is 0 Å². The topological polar surface area (TPSA) is 33.4 Å². The second-order valence-corrected chi connectivity index (χ2v) is 6.43. The molecule has 1 heterocycles. The van der Waals surface area contributed by atoms with Crippen molar-refractivity contribution in [2.45, 2.75) is 46.1 Å². The molecule has 0 aromatic carbocycles. The molecule has 2 aliphatic rings. The van der Waals surface area contributed by atoms with Gasteiger partial charge >= 0.3 is 0 Å². The molecule has 0 saturated heterocycles. The third kappa shape index (κ3) is 1.66. The third-order valence-electron chi connectivity index (χ3n) is 4.37. The summed E-state index contributed by atoms with van der Waals surface area (Å²) in [7, 11) is 0. The van der Waals surface area contributed by atoms with E-state index >= 15 is 0 Å². The molecule has 0 radical (unpaired) electrons. The van der Waals surface area contributed by atoms with Crippen LogP contribution < -0.4 is 0 Å². The number of hydrogen-bond donors (Lipinski definition) is 1. The van der Waals surface area contributed by atoms with Crippen molar-refractivity contribution in [3.63, 3.8) is 0 Å². The zero-order chi connectivity index (χ0) is 12.2. The van der Waals surface area contributed by atoms with Gasteiger partial charge in [0.15, 0.2) is 0 Å². The maximum atomic E-state index is 10.6. The lowest BCUT2D eigenvalue weighted by Crippen LogP contribution is -2.12. The van der Waals surface area contributed by atoms with Crippen molar-refractivity contribution in [3.8, 4) is 0 Å². The van der Waals surface area contributed by atoms with Gasteiger partial charge in [0.1, 0.15) is 0 Å². The van der Waals surface area contributed by atoms with Crippen molar-refractivity contribution >= 4 is 0 Å². The number of rotatable bonds is 0. The molecular weight excluding hydrogens is 212 g/mol. The molecule has 0 amide bonds. The van der Waals surface area contributed by atoms with Crippen LogP contribution in [0.4, 0.5) is 0 Å². The van der Waals surface area contributed by atoms with E-state index in [1.165, 1.54) is 11.1 Å². The summed E-state index contributed by atoms with van der Waals surface area (Å²) in [4.78, 5) is 0. The third-order valence-corrected chi connectivity index (χ3v) is 4.37. The molecule has 0 bridgehead atoms. The molecule has 1 aromatic rings. The molecule has 17 heavy (non-hydrogen) atoms. The molecule has 2 aliphatic carbocycles. The SMILES string of the molecule is CC1=C2CC(C)(C)CC2C(O)c2cocc2C1. The summed E-state index contributed by atoms with van der Waals surface area (Å²) in [5, 5.41) is 10.6. The first kappa shape index (κ1) is 11.1. The van der Waals surface area contributed by atoms with Crippen LogP contribution in [-0.2, 0) is 6.42 Å². The Bertz CT molecular complexity index is 479. The fourth-order valence-electron chi connectivity index (χ4n) is 3.56. The van der Waals surface area contributed by atoms with Crippen molar-refractivity contribution < 1.29 is 9.52 Å². The maximum Gasteiger partial charge on any atom is 0.0963 e. The molecule has 0 spiro atoms. The second-order valence-electron chi connectivity index (χ2n) is 6.43. The van der Waals surface area contributed by atoms with E-state index in [0.29, 0.717) is 11.3 Å². The van der Waals surface area contributed by atoms with Crippen LogP contribution in [0.2, 0.25) is 0 Å². The van der Waals surface area contributed by atoms with Gasteiger partial charge in [-0.3, -0.25) is 0 Å². The van der Waals surface area contributed by atoms with Gasteiger partial charge in [0.2, 0.25) is 0 Å². The molecule has 1 saturated carbocycles. The molecule has 1 fully saturated rings. The number of hydrogen-bond acceptors (Lipinski definition) is 2. The summed E-state index contributed by atoms with van der Waals surface area (Å²) in [6.07, 6.45) is 6.27. The van der Waals surface area contributed by atoms with E-state index in [4.69, 9.17) is 4.42 Å². The minimum atomic E-state index is -0.377. The average molecular weight is 232 g/mol. The van der Waals surface area contributed by atoms with Gasteiger partial charge in [-0.25, -0.2) is 0 Å². The summed E-state index contributed by atoms with van der Waals surface area (Å²) in [5.74, 6) is 0.295. The van der Waals surface area contributed by atoms with Crippen LogP contribution in [-0.4, -0.2) is 5.11 Å². The monoisotopic (exact) mass is 232 g/mol. The highest BCUT2D eigenvalue weighted by molar-refractivity contribution is 5.38. The lowest BCUT2D eigenvalue weighted by molar-refractivity contribution is 0.118. The molecule has 3 rings (SSSR count). The molecule has 2 unspecified atom stereocenters. The Hall–Kier alpha value is -1.02. The summed E-state index contributed by atoms with van der Waals surface area (Å²) in [6.45, 7) is 6.80. The summed E-state index contributed by atoms with van der Waals surface area (Å²) >= 11 is 0. The highest BCUT2D eigenvalue weighted by atomic mass is 16.3. The van der Waals surface area contributed by atoms with Gasteiger partial charge in [0, 0.05) is 17.0 Å². The number of fused-ring (bicyclic) bond motifs is 2. The van der Waals surface area contributed by atoms with Crippen molar-refractivity contribution in [2.75, 3.05) is 0 Å². The fraction of sp³-hybridized carbons (Fsp3) is 0.600. The highest BCUT2D eigenvalue weighted by Crippen LogP contribution is 2.52. The van der Waals surface area contributed by atoms with Crippen LogP contribution >= 0.6 is 0 Å². The van der Waals surface area contributed by atoms with Crippen LogP contribution in [0.15, 0.2) is 28.1 Å². The Morgan fingerprint density at radius 1 is 1.35 bits per heavy atom. The lowest BCUT2D eigenvalue weighted by Gasteiger charge is -2.20. The van der Waals surface area contributed by atoms with Crippen LogP contribution in [0.25, 0.3) is 0 Å². The maximum absolute atomic E-state index is 10.6. The molecule has 92 valence electrons. The van der Waals surface area contributed by atoms with Crippen LogP contribution in [0.3, 0.4) is 0 Å². The van der Waals surface area contributed by atoms with Gasteiger partial charge in [0.05, 0.1) is 18.6 Å². The van der Waals surface area contributed by atoms with Crippen LogP contribution in [0.5, 0.6) is 0 Å².